The van der Waals surface area contributed by atoms with Crippen molar-refractivity contribution in [2.45, 2.75) is 0 Å². The van der Waals surface area contributed by atoms with E-state index in [1.54, 1.807) is 0 Å². The van der Waals surface area contributed by atoms with Crippen molar-refractivity contribution in [1.29, 1.82) is 0 Å². The van der Waals surface area contributed by atoms with Crippen LogP contribution in [0.4, 0.5) is 0 Å². The lowest BCUT2D eigenvalue weighted by Crippen LogP contribution is -1.90. The molecule has 150 valence electrons. The predicted molar refractivity (Wildman–Crippen MR) is 132 cm³/mol. The van der Waals surface area contributed by atoms with Gasteiger partial charge in [-0.15, -0.1) is 0 Å². The van der Waals surface area contributed by atoms with Crippen molar-refractivity contribution in [1.82, 2.24) is 9.97 Å². The summed E-state index contributed by atoms with van der Waals surface area (Å²) in [7, 11) is 0. The maximum Gasteiger partial charge on any atom is 0.223 e. The van der Waals surface area contributed by atoms with E-state index in [-0.39, 0.29) is 5.28 Å². The number of benzene rings is 5. The van der Waals surface area contributed by atoms with Gasteiger partial charge in [-0.1, -0.05) is 72.8 Å². The van der Waals surface area contributed by atoms with Crippen LogP contribution in [0.15, 0.2) is 95.4 Å². The number of aromatic nitrogens is 2. The van der Waals surface area contributed by atoms with Crippen LogP contribution < -0.4 is 0 Å². The molecule has 0 radical (unpaired) electrons. The summed E-state index contributed by atoms with van der Waals surface area (Å²) in [5, 5.41) is 8.44. The predicted octanol–water partition coefficient (Wildman–Crippen LogP) is 8.16. The average Bonchev–Trinajstić information content (AvgIpc) is 3.21. The summed E-state index contributed by atoms with van der Waals surface area (Å²) in [6.45, 7) is 0. The molecular weight excluding hydrogens is 416 g/mol. The van der Waals surface area contributed by atoms with Crippen LogP contribution in [0.3, 0.4) is 0 Å². The molecule has 0 aliphatic carbocycles. The van der Waals surface area contributed by atoms with Crippen molar-refractivity contribution in [3.05, 3.63) is 96.3 Å². The first-order chi connectivity index (χ1) is 15.8. The van der Waals surface area contributed by atoms with E-state index in [4.69, 9.17) is 16.0 Å². The van der Waals surface area contributed by atoms with Crippen LogP contribution in [0.25, 0.3) is 65.6 Å². The molecule has 0 unspecified atom stereocenters. The highest BCUT2D eigenvalue weighted by Crippen LogP contribution is 2.37. The maximum absolute atomic E-state index is 6.35. The molecule has 32 heavy (non-hydrogen) atoms. The molecule has 0 amide bonds. The molecule has 0 spiro atoms. The van der Waals surface area contributed by atoms with Crippen LogP contribution >= 0.6 is 11.6 Å². The molecule has 7 rings (SSSR count). The van der Waals surface area contributed by atoms with E-state index in [0.717, 1.165) is 22.0 Å². The van der Waals surface area contributed by atoms with E-state index < -0.39 is 0 Å². The number of nitrogens with zero attached hydrogens (tertiary/aromatic N) is 2. The summed E-state index contributed by atoms with van der Waals surface area (Å²) in [5.41, 5.74) is 3.82. The average molecular weight is 431 g/mol. The van der Waals surface area contributed by atoms with Crippen LogP contribution in [0, 0.1) is 0 Å². The summed E-state index contributed by atoms with van der Waals surface area (Å²) in [6.07, 6.45) is 0. The highest BCUT2D eigenvalue weighted by atomic mass is 35.5. The zero-order valence-electron chi connectivity index (χ0n) is 16.8. The molecule has 2 heterocycles. The molecular formula is C28H15ClN2O. The smallest absolute Gasteiger partial charge is 0.223 e. The quantitative estimate of drug-likeness (QED) is 0.195. The van der Waals surface area contributed by atoms with Gasteiger partial charge in [0.25, 0.3) is 0 Å². The van der Waals surface area contributed by atoms with Crippen LogP contribution in [-0.4, -0.2) is 9.97 Å². The topological polar surface area (TPSA) is 38.9 Å². The number of hydrogen-bond acceptors (Lipinski definition) is 3. The number of para-hydroxylation sites is 1. The standard InChI is InChI=1S/C28H15ClN2O/c29-28-30-25(27-26(31-28)22-7-3-4-8-24(22)32-27)18-10-9-17-12-13-20-19-6-2-1-5-16(19)11-14-21(20)23(17)15-18/h1-15H. The summed E-state index contributed by atoms with van der Waals surface area (Å²) in [4.78, 5) is 9.02. The molecule has 0 bridgehead atoms. The SMILES string of the molecule is Clc1nc(-c2ccc3ccc4c5ccccc5ccc4c3c2)c2oc3ccccc3c2n1. The molecule has 0 saturated heterocycles. The minimum absolute atomic E-state index is 0.211. The lowest BCUT2D eigenvalue weighted by molar-refractivity contribution is 0.667. The zero-order valence-corrected chi connectivity index (χ0v) is 17.6. The molecule has 5 aromatic carbocycles. The fraction of sp³-hybridized carbons (Fsp3) is 0. The Balaban J connectivity index is 1.56. The molecule has 0 aliphatic heterocycles. The van der Waals surface area contributed by atoms with E-state index in [0.29, 0.717) is 11.3 Å². The molecule has 0 aliphatic rings. The maximum atomic E-state index is 6.35. The lowest BCUT2D eigenvalue weighted by atomic mass is 9.95. The first-order valence-corrected chi connectivity index (χ1v) is 10.8. The molecule has 0 atom stereocenters. The first kappa shape index (κ1) is 17.7. The Morgan fingerprint density at radius 1 is 0.594 bits per heavy atom. The van der Waals surface area contributed by atoms with E-state index in [9.17, 15) is 0 Å². The Hall–Kier alpha value is -3.95. The van der Waals surface area contributed by atoms with Gasteiger partial charge >= 0.3 is 0 Å². The summed E-state index contributed by atoms with van der Waals surface area (Å²) in [5.74, 6) is 0. The van der Waals surface area contributed by atoms with Gasteiger partial charge in [0, 0.05) is 10.9 Å². The third kappa shape index (κ3) is 2.49. The van der Waals surface area contributed by atoms with Gasteiger partial charge in [0.15, 0.2) is 5.58 Å². The Morgan fingerprint density at radius 3 is 2.16 bits per heavy atom. The van der Waals surface area contributed by atoms with Crippen molar-refractivity contribution < 1.29 is 4.42 Å². The van der Waals surface area contributed by atoms with Gasteiger partial charge in [-0.05, 0) is 62.1 Å². The van der Waals surface area contributed by atoms with Crippen molar-refractivity contribution >= 4 is 66.0 Å². The molecule has 7 aromatic rings. The van der Waals surface area contributed by atoms with E-state index >= 15 is 0 Å². The largest absolute Gasteiger partial charge is 0.452 e. The minimum atomic E-state index is 0.211. The highest BCUT2D eigenvalue weighted by molar-refractivity contribution is 6.29. The van der Waals surface area contributed by atoms with Crippen molar-refractivity contribution in [3.63, 3.8) is 0 Å². The summed E-state index contributed by atoms with van der Waals surface area (Å²) < 4.78 is 6.17. The Bertz CT molecular complexity index is 1850. The van der Waals surface area contributed by atoms with Gasteiger partial charge in [-0.2, -0.15) is 0 Å². The lowest BCUT2D eigenvalue weighted by Gasteiger charge is -2.09. The van der Waals surface area contributed by atoms with Gasteiger partial charge in [0.2, 0.25) is 5.28 Å². The monoisotopic (exact) mass is 430 g/mol. The number of rotatable bonds is 1. The third-order valence-corrected chi connectivity index (χ3v) is 6.38. The number of hydrogen-bond donors (Lipinski definition) is 0. The van der Waals surface area contributed by atoms with Gasteiger partial charge in [0.05, 0.1) is 0 Å². The van der Waals surface area contributed by atoms with Gasteiger partial charge in [0.1, 0.15) is 16.8 Å². The second kappa shape index (κ2) is 6.52. The Kier molecular flexibility index (Phi) is 3.61. The summed E-state index contributed by atoms with van der Waals surface area (Å²) in [6, 6.07) is 31.5. The van der Waals surface area contributed by atoms with E-state index in [1.165, 1.54) is 32.3 Å². The van der Waals surface area contributed by atoms with Crippen LogP contribution in [-0.2, 0) is 0 Å². The van der Waals surface area contributed by atoms with Gasteiger partial charge in [-0.3, -0.25) is 0 Å². The summed E-state index contributed by atoms with van der Waals surface area (Å²) >= 11 is 6.35. The molecule has 4 heteroatoms. The first-order valence-electron chi connectivity index (χ1n) is 10.5. The van der Waals surface area contributed by atoms with Crippen molar-refractivity contribution in [2.24, 2.45) is 0 Å². The van der Waals surface area contributed by atoms with Crippen LogP contribution in [0.1, 0.15) is 0 Å². The number of fused-ring (bicyclic) bond motifs is 8. The number of halogens is 1. The molecule has 3 nitrogen and oxygen atoms in total. The van der Waals surface area contributed by atoms with E-state index in [2.05, 4.69) is 76.7 Å². The van der Waals surface area contributed by atoms with Gasteiger partial charge in [-0.25, -0.2) is 9.97 Å². The van der Waals surface area contributed by atoms with Crippen LogP contribution in [0.2, 0.25) is 5.28 Å². The second-order valence-corrected chi connectivity index (χ2v) is 8.34. The number of furan rings is 1. The highest BCUT2D eigenvalue weighted by Gasteiger charge is 2.17. The molecule has 0 fully saturated rings. The Morgan fingerprint density at radius 2 is 1.28 bits per heavy atom. The molecule has 0 N–H and O–H groups in total. The second-order valence-electron chi connectivity index (χ2n) is 8.00. The zero-order chi connectivity index (χ0) is 21.2. The normalized spacial score (nSPS) is 11.9. The molecule has 2 aromatic heterocycles. The van der Waals surface area contributed by atoms with E-state index in [1.807, 2.05) is 24.3 Å². The Labute approximate surface area is 187 Å². The fourth-order valence-corrected chi connectivity index (χ4v) is 4.89. The van der Waals surface area contributed by atoms with Gasteiger partial charge < -0.3 is 4.42 Å². The molecule has 0 saturated carbocycles. The fourth-order valence-electron chi connectivity index (χ4n) is 4.72. The van der Waals surface area contributed by atoms with Crippen LogP contribution in [0.5, 0.6) is 0 Å². The van der Waals surface area contributed by atoms with Crippen molar-refractivity contribution in [3.8, 4) is 11.3 Å². The third-order valence-electron chi connectivity index (χ3n) is 6.21. The minimum Gasteiger partial charge on any atom is -0.452 e. The van der Waals surface area contributed by atoms with Crippen molar-refractivity contribution in [2.75, 3.05) is 0 Å².